The summed E-state index contributed by atoms with van der Waals surface area (Å²) in [5, 5.41) is 2.92. The molecule has 0 saturated heterocycles. The first kappa shape index (κ1) is 15.4. The number of nitrogens with two attached hydrogens (primary N) is 1. The van der Waals surface area contributed by atoms with Crippen molar-refractivity contribution in [3.63, 3.8) is 0 Å². The van der Waals surface area contributed by atoms with Crippen molar-refractivity contribution in [1.29, 1.82) is 0 Å². The zero-order valence-corrected chi connectivity index (χ0v) is 11.3. The maximum atomic E-state index is 11.6. The fraction of sp³-hybridized carbons (Fsp3) is 0.917. The number of hydrogen-bond donors (Lipinski definition) is 2. The smallest absolute Gasteiger partial charge is 0.236 e. The molecule has 0 aromatic carbocycles. The Morgan fingerprint density at radius 2 is 2.00 bits per heavy atom. The van der Waals surface area contributed by atoms with Crippen molar-refractivity contribution in [2.24, 2.45) is 11.1 Å². The Hall–Kier alpha value is -0.610. The molecule has 0 bridgehead atoms. The van der Waals surface area contributed by atoms with Crippen LogP contribution in [-0.4, -0.2) is 44.0 Å². The van der Waals surface area contributed by atoms with Crippen LogP contribution in [0.5, 0.6) is 0 Å². The lowest BCUT2D eigenvalue weighted by atomic mass is 9.93. The fourth-order valence-electron chi connectivity index (χ4n) is 1.81. The molecule has 0 aliphatic rings. The molecule has 16 heavy (non-hydrogen) atoms. The molecular weight excluding hydrogens is 202 g/mol. The van der Waals surface area contributed by atoms with E-state index in [4.69, 9.17) is 5.73 Å². The van der Waals surface area contributed by atoms with E-state index in [-0.39, 0.29) is 17.4 Å². The summed E-state index contributed by atoms with van der Waals surface area (Å²) in [5.74, 6) is -0.0336. The third-order valence-corrected chi connectivity index (χ3v) is 2.42. The Balaban J connectivity index is 3.99. The van der Waals surface area contributed by atoms with E-state index < -0.39 is 0 Å². The summed E-state index contributed by atoms with van der Waals surface area (Å²) >= 11 is 0. The molecule has 0 aliphatic carbocycles. The van der Waals surface area contributed by atoms with Gasteiger partial charge in [-0.05, 0) is 25.9 Å². The first-order chi connectivity index (χ1) is 7.28. The maximum Gasteiger partial charge on any atom is 0.236 e. The first-order valence-electron chi connectivity index (χ1n) is 5.96. The van der Waals surface area contributed by atoms with Gasteiger partial charge in [0.05, 0.1) is 6.04 Å². The third-order valence-electron chi connectivity index (χ3n) is 2.42. The van der Waals surface area contributed by atoms with E-state index in [9.17, 15) is 4.79 Å². The predicted octanol–water partition coefficient (Wildman–Crippen LogP) is 0.818. The average Bonchev–Trinajstić information content (AvgIpc) is 2.12. The summed E-state index contributed by atoms with van der Waals surface area (Å²) in [6.45, 7) is 7.91. The van der Waals surface area contributed by atoms with E-state index in [1.165, 1.54) is 0 Å². The van der Waals surface area contributed by atoms with Crippen LogP contribution in [0, 0.1) is 5.41 Å². The largest absolute Gasteiger partial charge is 0.354 e. The van der Waals surface area contributed by atoms with E-state index in [1.54, 1.807) is 0 Å². The molecule has 1 amide bonds. The van der Waals surface area contributed by atoms with Gasteiger partial charge in [0.1, 0.15) is 0 Å². The summed E-state index contributed by atoms with van der Waals surface area (Å²) in [5.41, 5.74) is 5.81. The van der Waals surface area contributed by atoms with Crippen molar-refractivity contribution in [3.8, 4) is 0 Å². The molecule has 96 valence electrons. The quantitative estimate of drug-likeness (QED) is 0.679. The van der Waals surface area contributed by atoms with Crippen LogP contribution in [0.25, 0.3) is 0 Å². The molecule has 1 unspecified atom stereocenters. The van der Waals surface area contributed by atoms with Crippen LogP contribution < -0.4 is 11.1 Å². The highest BCUT2D eigenvalue weighted by Gasteiger charge is 2.21. The molecule has 0 aromatic heterocycles. The van der Waals surface area contributed by atoms with Crippen LogP contribution in [0.1, 0.15) is 33.6 Å². The zero-order valence-electron chi connectivity index (χ0n) is 11.3. The monoisotopic (exact) mass is 229 g/mol. The van der Waals surface area contributed by atoms with Crippen molar-refractivity contribution in [2.75, 3.05) is 27.2 Å². The Morgan fingerprint density at radius 1 is 1.44 bits per heavy atom. The summed E-state index contributed by atoms with van der Waals surface area (Å²) < 4.78 is 0. The van der Waals surface area contributed by atoms with Crippen molar-refractivity contribution >= 4 is 5.91 Å². The SMILES string of the molecule is CCCC(N)C(=O)NCC(C)(C)CN(C)C. The molecule has 3 N–H and O–H groups in total. The molecule has 0 rings (SSSR count). The van der Waals surface area contributed by atoms with Gasteiger partial charge in [0, 0.05) is 13.1 Å². The molecule has 0 fully saturated rings. The number of carbonyl (C=O) groups excluding carboxylic acids is 1. The predicted molar refractivity (Wildman–Crippen MR) is 68.2 cm³/mol. The van der Waals surface area contributed by atoms with Gasteiger partial charge < -0.3 is 16.0 Å². The number of amides is 1. The van der Waals surface area contributed by atoms with Crippen molar-refractivity contribution in [3.05, 3.63) is 0 Å². The van der Waals surface area contributed by atoms with Crippen LogP contribution in [0.15, 0.2) is 0 Å². The minimum atomic E-state index is -0.361. The lowest BCUT2D eigenvalue weighted by Gasteiger charge is -2.28. The fourth-order valence-corrected chi connectivity index (χ4v) is 1.81. The molecule has 0 saturated carbocycles. The Kier molecular flexibility index (Phi) is 6.60. The average molecular weight is 229 g/mol. The molecule has 0 heterocycles. The Morgan fingerprint density at radius 3 is 2.44 bits per heavy atom. The molecule has 4 heteroatoms. The summed E-state index contributed by atoms with van der Waals surface area (Å²) in [6, 6.07) is -0.361. The van der Waals surface area contributed by atoms with Gasteiger partial charge in [-0.1, -0.05) is 27.2 Å². The number of hydrogen-bond acceptors (Lipinski definition) is 3. The maximum absolute atomic E-state index is 11.6. The van der Waals surface area contributed by atoms with Gasteiger partial charge in [0.15, 0.2) is 0 Å². The number of nitrogens with zero attached hydrogens (tertiary/aromatic N) is 1. The molecule has 0 aromatic rings. The minimum Gasteiger partial charge on any atom is -0.354 e. The van der Waals surface area contributed by atoms with Crippen LogP contribution >= 0.6 is 0 Å². The summed E-state index contributed by atoms with van der Waals surface area (Å²) in [4.78, 5) is 13.7. The molecule has 0 radical (unpaired) electrons. The standard InChI is InChI=1S/C12H27N3O/c1-6-7-10(13)11(16)14-8-12(2,3)9-15(4)5/h10H,6-9,13H2,1-5H3,(H,14,16). The van der Waals surface area contributed by atoms with E-state index >= 15 is 0 Å². The van der Waals surface area contributed by atoms with Crippen molar-refractivity contribution < 1.29 is 4.79 Å². The highest BCUT2D eigenvalue weighted by molar-refractivity contribution is 5.81. The van der Waals surface area contributed by atoms with Gasteiger partial charge in [0.25, 0.3) is 0 Å². The topological polar surface area (TPSA) is 58.4 Å². The lowest BCUT2D eigenvalue weighted by Crippen LogP contribution is -2.46. The van der Waals surface area contributed by atoms with Crippen LogP contribution in [0.4, 0.5) is 0 Å². The van der Waals surface area contributed by atoms with Gasteiger partial charge in [0.2, 0.25) is 5.91 Å². The molecule has 4 nitrogen and oxygen atoms in total. The Bertz CT molecular complexity index is 214. The second kappa shape index (κ2) is 6.86. The molecule has 0 aliphatic heterocycles. The molecule has 1 atom stereocenters. The first-order valence-corrected chi connectivity index (χ1v) is 5.96. The summed E-state index contributed by atoms with van der Waals surface area (Å²) in [7, 11) is 4.07. The Labute approximate surface area is 99.6 Å². The van der Waals surface area contributed by atoms with Crippen LogP contribution in [-0.2, 0) is 4.79 Å². The van der Waals surface area contributed by atoms with Crippen LogP contribution in [0.3, 0.4) is 0 Å². The van der Waals surface area contributed by atoms with Crippen molar-refractivity contribution in [2.45, 2.75) is 39.7 Å². The van der Waals surface area contributed by atoms with Gasteiger partial charge in [-0.3, -0.25) is 4.79 Å². The van der Waals surface area contributed by atoms with E-state index in [0.29, 0.717) is 6.54 Å². The zero-order chi connectivity index (χ0) is 12.8. The number of carbonyl (C=O) groups is 1. The van der Waals surface area contributed by atoms with Crippen LogP contribution in [0.2, 0.25) is 0 Å². The van der Waals surface area contributed by atoms with E-state index in [2.05, 4.69) is 24.1 Å². The highest BCUT2D eigenvalue weighted by Crippen LogP contribution is 2.14. The third kappa shape index (κ3) is 6.80. The van der Waals surface area contributed by atoms with Gasteiger partial charge in [-0.2, -0.15) is 0 Å². The van der Waals surface area contributed by atoms with Gasteiger partial charge in [-0.25, -0.2) is 0 Å². The van der Waals surface area contributed by atoms with Gasteiger partial charge >= 0.3 is 0 Å². The lowest BCUT2D eigenvalue weighted by molar-refractivity contribution is -0.123. The second-order valence-corrected chi connectivity index (χ2v) is 5.51. The minimum absolute atomic E-state index is 0.0336. The number of rotatable bonds is 7. The second-order valence-electron chi connectivity index (χ2n) is 5.51. The van der Waals surface area contributed by atoms with Gasteiger partial charge in [-0.15, -0.1) is 0 Å². The molecular formula is C12H27N3O. The summed E-state index contributed by atoms with van der Waals surface area (Å²) in [6.07, 6.45) is 1.69. The normalized spacial score (nSPS) is 13.9. The van der Waals surface area contributed by atoms with E-state index in [0.717, 1.165) is 19.4 Å². The number of nitrogens with one attached hydrogen (secondary N) is 1. The van der Waals surface area contributed by atoms with Crippen molar-refractivity contribution in [1.82, 2.24) is 10.2 Å². The molecule has 0 spiro atoms. The van der Waals surface area contributed by atoms with E-state index in [1.807, 2.05) is 21.0 Å². The highest BCUT2D eigenvalue weighted by atomic mass is 16.2.